The van der Waals surface area contributed by atoms with E-state index < -0.39 is 0 Å². The highest BCUT2D eigenvalue weighted by Gasteiger charge is 2.04. The number of halogens is 1. The lowest BCUT2D eigenvalue weighted by Crippen LogP contribution is -1.92. The van der Waals surface area contributed by atoms with Gasteiger partial charge >= 0.3 is 0 Å². The van der Waals surface area contributed by atoms with Crippen LogP contribution in [0.5, 0.6) is 0 Å². The maximum atomic E-state index is 5.56. The van der Waals surface area contributed by atoms with Gasteiger partial charge in [0.05, 0.1) is 5.88 Å². The lowest BCUT2D eigenvalue weighted by atomic mass is 10.9. The van der Waals surface area contributed by atoms with Crippen LogP contribution < -0.4 is 0 Å². The van der Waals surface area contributed by atoms with Crippen LogP contribution in [0.2, 0.25) is 0 Å². The van der Waals surface area contributed by atoms with Crippen molar-refractivity contribution in [3.8, 4) is 5.13 Å². The van der Waals surface area contributed by atoms with E-state index >= 15 is 0 Å². The van der Waals surface area contributed by atoms with Gasteiger partial charge < -0.3 is 0 Å². The Hall–Kier alpha value is -1.01. The van der Waals surface area contributed by atoms with Crippen molar-refractivity contribution in [2.24, 2.45) is 0 Å². The molecule has 0 aliphatic heterocycles. The molecular formula is C5H4ClN5S. The molecule has 0 saturated heterocycles. The van der Waals surface area contributed by atoms with Crippen LogP contribution in [0.3, 0.4) is 0 Å². The monoisotopic (exact) mass is 201 g/mol. The zero-order valence-electron chi connectivity index (χ0n) is 5.88. The van der Waals surface area contributed by atoms with Crippen molar-refractivity contribution in [3.05, 3.63) is 17.7 Å². The topological polar surface area (TPSA) is 56.5 Å². The van der Waals surface area contributed by atoms with E-state index in [1.807, 2.05) is 0 Å². The standard InChI is InChI=1S/C5H4ClN5S/c6-1-4-9-10-5(12-4)11-3-7-2-8-11/h2-3H,1H2. The minimum atomic E-state index is 0.381. The minimum Gasteiger partial charge on any atom is -0.223 e. The van der Waals surface area contributed by atoms with Gasteiger partial charge in [0, 0.05) is 0 Å². The lowest BCUT2D eigenvalue weighted by molar-refractivity contribution is 0.841. The predicted octanol–water partition coefficient (Wildman–Crippen LogP) is 0.858. The zero-order chi connectivity index (χ0) is 8.39. The smallest absolute Gasteiger partial charge is 0.223 e. The van der Waals surface area contributed by atoms with Gasteiger partial charge in [0.1, 0.15) is 17.7 Å². The van der Waals surface area contributed by atoms with Crippen molar-refractivity contribution < 1.29 is 0 Å². The van der Waals surface area contributed by atoms with E-state index in [0.29, 0.717) is 11.0 Å². The molecule has 2 rings (SSSR count). The SMILES string of the molecule is ClCc1nnc(-n2cncn2)s1. The summed E-state index contributed by atoms with van der Waals surface area (Å²) in [5.74, 6) is 0.381. The highest BCUT2D eigenvalue weighted by Crippen LogP contribution is 2.14. The van der Waals surface area contributed by atoms with Gasteiger partial charge in [0.2, 0.25) is 5.13 Å². The second-order valence-corrected chi connectivity index (χ2v) is 3.26. The number of nitrogens with zero attached hydrogens (tertiary/aromatic N) is 5. The van der Waals surface area contributed by atoms with Crippen LogP contribution >= 0.6 is 22.9 Å². The van der Waals surface area contributed by atoms with E-state index in [2.05, 4.69) is 20.3 Å². The van der Waals surface area contributed by atoms with Gasteiger partial charge in [-0.15, -0.1) is 21.8 Å². The summed E-state index contributed by atoms with van der Waals surface area (Å²) in [6.07, 6.45) is 3.01. The molecule has 0 fully saturated rings. The Kier molecular flexibility index (Phi) is 2.01. The summed E-state index contributed by atoms with van der Waals surface area (Å²) < 4.78 is 1.55. The molecule has 0 aromatic carbocycles. The van der Waals surface area contributed by atoms with E-state index in [1.54, 1.807) is 11.0 Å². The third kappa shape index (κ3) is 1.30. The molecule has 0 N–H and O–H groups in total. The van der Waals surface area contributed by atoms with E-state index in [0.717, 1.165) is 5.01 Å². The first-order valence-corrected chi connectivity index (χ1v) is 4.48. The molecule has 12 heavy (non-hydrogen) atoms. The minimum absolute atomic E-state index is 0.381. The number of hydrogen-bond acceptors (Lipinski definition) is 5. The molecule has 5 nitrogen and oxygen atoms in total. The normalized spacial score (nSPS) is 10.4. The Morgan fingerprint density at radius 3 is 3.00 bits per heavy atom. The molecular weight excluding hydrogens is 198 g/mol. The van der Waals surface area contributed by atoms with Crippen LogP contribution in [0.4, 0.5) is 0 Å². The van der Waals surface area contributed by atoms with E-state index in [1.165, 1.54) is 17.7 Å². The maximum absolute atomic E-state index is 5.56. The zero-order valence-corrected chi connectivity index (χ0v) is 7.46. The van der Waals surface area contributed by atoms with Crippen LogP contribution in [0, 0.1) is 0 Å². The fraction of sp³-hybridized carbons (Fsp3) is 0.200. The summed E-state index contributed by atoms with van der Waals surface area (Å²) in [6, 6.07) is 0. The molecule has 0 radical (unpaired) electrons. The van der Waals surface area contributed by atoms with E-state index in [-0.39, 0.29) is 0 Å². The van der Waals surface area contributed by atoms with Crippen molar-refractivity contribution in [2.45, 2.75) is 5.88 Å². The first-order valence-electron chi connectivity index (χ1n) is 3.13. The summed E-state index contributed by atoms with van der Waals surface area (Å²) in [7, 11) is 0. The Morgan fingerprint density at radius 2 is 2.42 bits per heavy atom. The fourth-order valence-electron chi connectivity index (χ4n) is 0.698. The summed E-state index contributed by atoms with van der Waals surface area (Å²) in [5, 5.41) is 13.1. The van der Waals surface area contributed by atoms with Gasteiger partial charge in [-0.1, -0.05) is 11.3 Å². The summed E-state index contributed by atoms with van der Waals surface area (Å²) in [6.45, 7) is 0. The lowest BCUT2D eigenvalue weighted by Gasteiger charge is -1.87. The van der Waals surface area contributed by atoms with Crippen LogP contribution in [0.15, 0.2) is 12.7 Å². The number of aromatic nitrogens is 5. The molecule has 2 heterocycles. The van der Waals surface area contributed by atoms with Crippen molar-refractivity contribution in [2.75, 3.05) is 0 Å². The van der Waals surface area contributed by atoms with Crippen LogP contribution in [-0.4, -0.2) is 25.0 Å². The Bertz CT molecular complexity index is 356. The Balaban J connectivity index is 2.35. The molecule has 2 aromatic heterocycles. The molecule has 0 amide bonds. The predicted molar refractivity (Wildman–Crippen MR) is 44.4 cm³/mol. The second kappa shape index (κ2) is 3.16. The second-order valence-electron chi connectivity index (χ2n) is 1.95. The van der Waals surface area contributed by atoms with Crippen LogP contribution in [-0.2, 0) is 5.88 Å². The molecule has 0 atom stereocenters. The Labute approximate surface area is 77.0 Å². The molecule has 0 aliphatic carbocycles. The number of rotatable bonds is 2. The van der Waals surface area contributed by atoms with Crippen molar-refractivity contribution in [1.82, 2.24) is 25.0 Å². The molecule has 0 spiro atoms. The molecule has 0 saturated carbocycles. The summed E-state index contributed by atoms with van der Waals surface area (Å²) >= 11 is 6.96. The molecule has 2 aromatic rings. The van der Waals surface area contributed by atoms with Gasteiger partial charge in [-0.3, -0.25) is 0 Å². The molecule has 0 aliphatic rings. The summed E-state index contributed by atoms with van der Waals surface area (Å²) in [4.78, 5) is 3.79. The van der Waals surface area contributed by atoms with Gasteiger partial charge in [0.15, 0.2) is 0 Å². The average molecular weight is 202 g/mol. The first-order chi connectivity index (χ1) is 5.90. The van der Waals surface area contributed by atoms with Gasteiger partial charge in [-0.2, -0.15) is 9.78 Å². The van der Waals surface area contributed by atoms with E-state index in [9.17, 15) is 0 Å². The third-order valence-electron chi connectivity index (χ3n) is 1.19. The van der Waals surface area contributed by atoms with Crippen molar-refractivity contribution >= 4 is 22.9 Å². The van der Waals surface area contributed by atoms with Crippen LogP contribution in [0.1, 0.15) is 5.01 Å². The maximum Gasteiger partial charge on any atom is 0.234 e. The molecule has 7 heteroatoms. The quantitative estimate of drug-likeness (QED) is 0.677. The fourth-order valence-corrected chi connectivity index (χ4v) is 1.53. The summed E-state index contributed by atoms with van der Waals surface area (Å²) in [5.41, 5.74) is 0. The van der Waals surface area contributed by atoms with Crippen molar-refractivity contribution in [3.63, 3.8) is 0 Å². The first kappa shape index (κ1) is 7.63. The molecule has 0 bridgehead atoms. The third-order valence-corrected chi connectivity index (χ3v) is 2.51. The molecule has 62 valence electrons. The Morgan fingerprint density at radius 1 is 1.50 bits per heavy atom. The average Bonchev–Trinajstić information content (AvgIpc) is 2.75. The van der Waals surface area contributed by atoms with E-state index in [4.69, 9.17) is 11.6 Å². The van der Waals surface area contributed by atoms with Gasteiger partial charge in [-0.25, -0.2) is 4.98 Å². The highest BCUT2D eigenvalue weighted by atomic mass is 35.5. The number of hydrogen-bond donors (Lipinski definition) is 0. The molecule has 0 unspecified atom stereocenters. The highest BCUT2D eigenvalue weighted by molar-refractivity contribution is 7.13. The van der Waals surface area contributed by atoms with Crippen molar-refractivity contribution in [1.29, 1.82) is 0 Å². The van der Waals surface area contributed by atoms with Gasteiger partial charge in [0.25, 0.3) is 0 Å². The largest absolute Gasteiger partial charge is 0.234 e. The number of alkyl halides is 1. The van der Waals surface area contributed by atoms with Crippen LogP contribution in [0.25, 0.3) is 5.13 Å². The van der Waals surface area contributed by atoms with Gasteiger partial charge in [-0.05, 0) is 0 Å².